The Morgan fingerprint density at radius 2 is 1.95 bits per heavy atom. The second-order valence-corrected chi connectivity index (χ2v) is 6.66. The number of phosphoric ester groups is 1. The van der Waals surface area contributed by atoms with Gasteiger partial charge in [-0.25, -0.2) is 4.57 Å². The predicted octanol–water partition coefficient (Wildman–Crippen LogP) is 5.07. The van der Waals surface area contributed by atoms with E-state index in [4.69, 9.17) is 36.8 Å². The van der Waals surface area contributed by atoms with Crippen molar-refractivity contribution < 1.29 is 18.1 Å². The number of unbranched alkanes of at least 4 members (excludes halogenated alkanes) is 1. The second-order valence-electron chi connectivity index (χ2n) is 3.92. The van der Waals surface area contributed by atoms with Crippen LogP contribution in [0.15, 0.2) is 41.1 Å². The van der Waals surface area contributed by atoms with Gasteiger partial charge in [-0.15, -0.1) is 0 Å². The molecule has 20 heavy (non-hydrogen) atoms. The van der Waals surface area contributed by atoms with E-state index in [1.54, 1.807) is 0 Å². The summed E-state index contributed by atoms with van der Waals surface area (Å²) in [4.78, 5) is 0. The Bertz CT molecular complexity index is 461. The fourth-order valence-electron chi connectivity index (χ4n) is 1.48. The maximum Gasteiger partial charge on any atom is 0.529 e. The zero-order valence-electron chi connectivity index (χ0n) is 11.1. The second kappa shape index (κ2) is 9.43. The normalized spacial score (nSPS) is 13.6. The predicted molar refractivity (Wildman–Crippen MR) is 80.8 cm³/mol. The van der Waals surface area contributed by atoms with Crippen LogP contribution in [0, 0.1) is 0 Å². The number of phosphoric acid groups is 1. The van der Waals surface area contributed by atoms with Gasteiger partial charge in [0.15, 0.2) is 0 Å². The van der Waals surface area contributed by atoms with Gasteiger partial charge in [-0.1, -0.05) is 53.5 Å². The molecule has 0 radical (unpaired) electrons. The van der Waals surface area contributed by atoms with Gasteiger partial charge in [0.2, 0.25) is 0 Å². The summed E-state index contributed by atoms with van der Waals surface area (Å²) in [5.41, 5.74) is 1.26. The maximum atomic E-state index is 11.9. The maximum absolute atomic E-state index is 11.9. The lowest BCUT2D eigenvalue weighted by Crippen LogP contribution is -1.97. The van der Waals surface area contributed by atoms with Crippen molar-refractivity contribution in [1.29, 1.82) is 0 Å². The first-order valence-electron chi connectivity index (χ1n) is 6.09. The van der Waals surface area contributed by atoms with Crippen molar-refractivity contribution >= 4 is 31.0 Å². The lowest BCUT2D eigenvalue weighted by molar-refractivity contribution is 0.163. The first kappa shape index (κ1) is 17.5. The summed E-state index contributed by atoms with van der Waals surface area (Å²) in [6, 6.07) is 10.1. The summed E-state index contributed by atoms with van der Waals surface area (Å²) in [6.07, 6.45) is 3.52. The van der Waals surface area contributed by atoms with E-state index in [0.29, 0.717) is 0 Å². The van der Waals surface area contributed by atoms with E-state index in [1.807, 2.05) is 18.2 Å². The van der Waals surface area contributed by atoms with E-state index in [-0.39, 0.29) is 11.1 Å². The minimum Gasteiger partial charge on any atom is -0.409 e. The van der Waals surface area contributed by atoms with Gasteiger partial charge in [0.1, 0.15) is 10.8 Å². The number of aryl methyl sites for hydroxylation is 1. The smallest absolute Gasteiger partial charge is 0.409 e. The highest BCUT2D eigenvalue weighted by molar-refractivity contribution is 7.48. The minimum absolute atomic E-state index is 0.157. The van der Waals surface area contributed by atoms with Crippen LogP contribution in [0.1, 0.15) is 18.4 Å². The van der Waals surface area contributed by atoms with Crippen LogP contribution in [-0.2, 0) is 24.6 Å². The fraction of sp³-hybridized carbons (Fsp3) is 0.385. The van der Waals surface area contributed by atoms with Gasteiger partial charge in [0.05, 0.1) is 6.61 Å². The van der Waals surface area contributed by atoms with Gasteiger partial charge < -0.3 is 4.52 Å². The van der Waals surface area contributed by atoms with Crippen LogP contribution in [0.2, 0.25) is 0 Å². The molecule has 1 aromatic carbocycles. The average Bonchev–Trinajstić information content (AvgIpc) is 2.46. The Labute approximate surface area is 129 Å². The molecule has 1 unspecified atom stereocenters. The quantitative estimate of drug-likeness (QED) is 0.358. The monoisotopic (exact) mass is 338 g/mol. The van der Waals surface area contributed by atoms with Crippen molar-refractivity contribution in [3.05, 3.63) is 46.6 Å². The van der Waals surface area contributed by atoms with Crippen molar-refractivity contribution in [2.24, 2.45) is 0 Å². The first-order chi connectivity index (χ1) is 9.56. The molecule has 4 nitrogen and oxygen atoms in total. The molecule has 0 saturated carbocycles. The third kappa shape index (κ3) is 7.32. The molecule has 112 valence electrons. The van der Waals surface area contributed by atoms with Gasteiger partial charge in [-0.05, 0) is 24.8 Å². The lowest BCUT2D eigenvalue weighted by atomic mass is 10.1. The number of hydrogen-bond acceptors (Lipinski definition) is 4. The van der Waals surface area contributed by atoms with Crippen LogP contribution in [0.4, 0.5) is 0 Å². The Morgan fingerprint density at radius 1 is 1.25 bits per heavy atom. The number of benzene rings is 1. The van der Waals surface area contributed by atoms with Crippen LogP contribution in [0.3, 0.4) is 0 Å². The van der Waals surface area contributed by atoms with Crippen molar-refractivity contribution in [3.8, 4) is 0 Å². The molecule has 0 saturated heterocycles. The van der Waals surface area contributed by atoms with E-state index in [1.165, 1.54) is 12.7 Å². The van der Waals surface area contributed by atoms with Crippen molar-refractivity contribution in [3.63, 3.8) is 0 Å². The van der Waals surface area contributed by atoms with Crippen LogP contribution >= 0.6 is 31.0 Å². The molecule has 0 heterocycles. The third-order valence-electron chi connectivity index (χ3n) is 2.45. The molecule has 1 aromatic rings. The Kier molecular flexibility index (Phi) is 8.27. The molecule has 0 aliphatic carbocycles. The highest BCUT2D eigenvalue weighted by atomic mass is 35.5. The zero-order valence-corrected chi connectivity index (χ0v) is 13.5. The van der Waals surface area contributed by atoms with Gasteiger partial charge in [0, 0.05) is 7.11 Å². The zero-order chi connectivity index (χ0) is 14.8. The molecule has 0 spiro atoms. The van der Waals surface area contributed by atoms with Crippen LogP contribution in [-0.4, -0.2) is 13.7 Å². The highest BCUT2D eigenvalue weighted by Gasteiger charge is 2.24. The first-order valence-corrected chi connectivity index (χ1v) is 8.31. The summed E-state index contributed by atoms with van der Waals surface area (Å²) in [5.74, 6) is 0. The standard InChI is InChI=1S/C13H17Cl2O4P/c1-17-20(16,19-11-13(14)15)18-10-6-5-9-12-7-3-2-4-8-12/h2-4,7-8,11H,5-6,9-10H2,1H3. The number of halogens is 2. The molecule has 1 atom stereocenters. The molecule has 7 heteroatoms. The largest absolute Gasteiger partial charge is 0.529 e. The van der Waals surface area contributed by atoms with E-state index in [0.717, 1.165) is 25.5 Å². The SMILES string of the molecule is COP(=O)(OC=C(Cl)Cl)OCCCCc1ccccc1. The number of rotatable bonds is 9. The van der Waals surface area contributed by atoms with Crippen LogP contribution in [0.25, 0.3) is 0 Å². The molecule has 0 aromatic heterocycles. The van der Waals surface area contributed by atoms with Crippen LogP contribution < -0.4 is 0 Å². The molecule has 0 bridgehead atoms. The molecule has 0 N–H and O–H groups in total. The van der Waals surface area contributed by atoms with Gasteiger partial charge in [-0.2, -0.15) is 0 Å². The van der Waals surface area contributed by atoms with Gasteiger partial charge in [-0.3, -0.25) is 9.05 Å². The molecule has 1 rings (SSSR count). The summed E-state index contributed by atoms with van der Waals surface area (Å²) in [7, 11) is -2.37. The van der Waals surface area contributed by atoms with E-state index < -0.39 is 7.82 Å². The topological polar surface area (TPSA) is 44.8 Å². The number of hydrogen-bond donors (Lipinski definition) is 0. The summed E-state index contributed by atoms with van der Waals surface area (Å²) < 4.78 is 26.3. The van der Waals surface area contributed by atoms with Gasteiger partial charge in [0.25, 0.3) is 0 Å². The molecular formula is C13H17Cl2O4P. The minimum atomic E-state index is -3.61. The fourth-order valence-corrected chi connectivity index (χ4v) is 2.54. The highest BCUT2D eigenvalue weighted by Crippen LogP contribution is 2.49. The Morgan fingerprint density at radius 3 is 2.55 bits per heavy atom. The lowest BCUT2D eigenvalue weighted by Gasteiger charge is -2.13. The van der Waals surface area contributed by atoms with Crippen molar-refractivity contribution in [1.82, 2.24) is 0 Å². The molecule has 0 aliphatic heterocycles. The molecule has 0 aliphatic rings. The average molecular weight is 339 g/mol. The molecule has 0 fully saturated rings. The van der Waals surface area contributed by atoms with Crippen LogP contribution in [0.5, 0.6) is 0 Å². The molecular weight excluding hydrogens is 322 g/mol. The van der Waals surface area contributed by atoms with Crippen molar-refractivity contribution in [2.75, 3.05) is 13.7 Å². The Hall–Kier alpha value is -0.510. The van der Waals surface area contributed by atoms with Gasteiger partial charge >= 0.3 is 7.82 Å². The van der Waals surface area contributed by atoms with E-state index >= 15 is 0 Å². The van der Waals surface area contributed by atoms with E-state index in [2.05, 4.69) is 12.1 Å². The van der Waals surface area contributed by atoms with Crippen molar-refractivity contribution in [2.45, 2.75) is 19.3 Å². The summed E-state index contributed by atoms with van der Waals surface area (Å²) in [5, 5.41) is 0. The third-order valence-corrected chi connectivity index (χ3v) is 3.93. The summed E-state index contributed by atoms with van der Waals surface area (Å²) in [6.45, 7) is 0.270. The Balaban J connectivity index is 2.25. The molecule has 0 amide bonds. The summed E-state index contributed by atoms with van der Waals surface area (Å²) >= 11 is 10.7. The van der Waals surface area contributed by atoms with E-state index in [9.17, 15) is 4.57 Å².